The van der Waals surface area contributed by atoms with Gasteiger partial charge in [0, 0.05) is 6.20 Å². The second kappa shape index (κ2) is 6.26. The van der Waals surface area contributed by atoms with Gasteiger partial charge in [-0.05, 0) is 36.8 Å². The Hall–Kier alpha value is -2.60. The lowest BCUT2D eigenvalue weighted by Gasteiger charge is -2.08. The van der Waals surface area contributed by atoms with Crippen molar-refractivity contribution in [3.05, 3.63) is 52.9 Å². The number of halogens is 1. The standard InChI is InChI=1S/C16H15ClN4O2/c1-10-19-20-16-13(4-3-7-21(10)16)18-15(22)9-11-5-6-14(23-2)12(17)8-11/h3-8H,9H2,1-2H3,(H,18,22). The van der Waals surface area contributed by atoms with Gasteiger partial charge in [-0.15, -0.1) is 10.2 Å². The molecular weight excluding hydrogens is 316 g/mol. The van der Waals surface area contributed by atoms with Crippen LogP contribution >= 0.6 is 11.6 Å². The van der Waals surface area contributed by atoms with E-state index in [-0.39, 0.29) is 12.3 Å². The summed E-state index contributed by atoms with van der Waals surface area (Å²) >= 11 is 6.08. The number of rotatable bonds is 4. The molecule has 3 rings (SSSR count). The van der Waals surface area contributed by atoms with E-state index in [0.717, 1.165) is 11.4 Å². The minimum atomic E-state index is -0.153. The number of methoxy groups -OCH3 is 1. The van der Waals surface area contributed by atoms with Crippen molar-refractivity contribution in [2.75, 3.05) is 12.4 Å². The SMILES string of the molecule is COc1ccc(CC(=O)Nc2cccn3c(C)nnc23)cc1Cl. The Balaban J connectivity index is 1.77. The van der Waals surface area contributed by atoms with Crippen molar-refractivity contribution in [2.24, 2.45) is 0 Å². The molecule has 0 saturated heterocycles. The summed E-state index contributed by atoms with van der Waals surface area (Å²) in [5.74, 6) is 1.19. The molecule has 0 atom stereocenters. The van der Waals surface area contributed by atoms with Crippen molar-refractivity contribution >= 4 is 28.8 Å². The smallest absolute Gasteiger partial charge is 0.228 e. The number of amides is 1. The molecule has 2 aromatic heterocycles. The van der Waals surface area contributed by atoms with Gasteiger partial charge in [-0.2, -0.15) is 0 Å². The summed E-state index contributed by atoms with van der Waals surface area (Å²) in [5.41, 5.74) is 2.04. The van der Waals surface area contributed by atoms with Crippen molar-refractivity contribution in [3.63, 3.8) is 0 Å². The predicted molar refractivity (Wildman–Crippen MR) is 88.1 cm³/mol. The number of carbonyl (C=O) groups is 1. The van der Waals surface area contributed by atoms with Crippen LogP contribution < -0.4 is 10.1 Å². The minimum absolute atomic E-state index is 0.153. The van der Waals surface area contributed by atoms with Crippen LogP contribution in [-0.2, 0) is 11.2 Å². The van der Waals surface area contributed by atoms with E-state index < -0.39 is 0 Å². The highest BCUT2D eigenvalue weighted by Gasteiger charge is 2.11. The zero-order valence-electron chi connectivity index (χ0n) is 12.7. The third kappa shape index (κ3) is 3.12. The summed E-state index contributed by atoms with van der Waals surface area (Å²) in [4.78, 5) is 12.3. The molecule has 0 radical (unpaired) electrons. The first-order valence-electron chi connectivity index (χ1n) is 7.01. The van der Waals surface area contributed by atoms with Gasteiger partial charge in [0.1, 0.15) is 11.6 Å². The predicted octanol–water partition coefficient (Wildman–Crippen LogP) is 2.88. The van der Waals surface area contributed by atoms with Crippen molar-refractivity contribution in [3.8, 4) is 5.75 Å². The fourth-order valence-corrected chi connectivity index (χ4v) is 2.61. The molecule has 118 valence electrons. The molecule has 1 N–H and O–H groups in total. The Morgan fingerprint density at radius 2 is 2.17 bits per heavy atom. The summed E-state index contributed by atoms with van der Waals surface area (Å²) in [5, 5.41) is 11.4. The zero-order valence-corrected chi connectivity index (χ0v) is 13.5. The van der Waals surface area contributed by atoms with Crippen LogP contribution in [0.5, 0.6) is 5.75 Å². The molecule has 7 heteroatoms. The summed E-state index contributed by atoms with van der Waals surface area (Å²) in [7, 11) is 1.55. The van der Waals surface area contributed by atoms with Gasteiger partial charge in [0.25, 0.3) is 0 Å². The van der Waals surface area contributed by atoms with E-state index in [0.29, 0.717) is 22.1 Å². The Labute approximate surface area is 138 Å². The molecule has 0 bridgehead atoms. The Bertz CT molecular complexity index is 876. The lowest BCUT2D eigenvalue weighted by molar-refractivity contribution is -0.115. The van der Waals surface area contributed by atoms with E-state index in [2.05, 4.69) is 15.5 Å². The van der Waals surface area contributed by atoms with Crippen LogP contribution in [0, 0.1) is 6.92 Å². The Morgan fingerprint density at radius 1 is 1.35 bits per heavy atom. The van der Waals surface area contributed by atoms with E-state index in [1.165, 1.54) is 0 Å². The normalized spacial score (nSPS) is 10.7. The topological polar surface area (TPSA) is 68.5 Å². The highest BCUT2D eigenvalue weighted by Crippen LogP contribution is 2.25. The number of carbonyl (C=O) groups excluding carboxylic acids is 1. The highest BCUT2D eigenvalue weighted by molar-refractivity contribution is 6.32. The molecule has 0 aliphatic carbocycles. The number of aromatic nitrogens is 3. The molecule has 0 spiro atoms. The number of fused-ring (bicyclic) bond motifs is 1. The molecule has 0 saturated carbocycles. The van der Waals surface area contributed by atoms with Crippen molar-refractivity contribution in [1.29, 1.82) is 0 Å². The molecule has 3 aromatic rings. The van der Waals surface area contributed by atoms with Gasteiger partial charge >= 0.3 is 0 Å². The second-order valence-corrected chi connectivity index (χ2v) is 5.46. The summed E-state index contributed by atoms with van der Waals surface area (Å²) < 4.78 is 6.92. The van der Waals surface area contributed by atoms with Gasteiger partial charge in [0.15, 0.2) is 5.65 Å². The van der Waals surface area contributed by atoms with Gasteiger partial charge in [-0.1, -0.05) is 17.7 Å². The number of pyridine rings is 1. The van der Waals surface area contributed by atoms with Gasteiger partial charge < -0.3 is 10.1 Å². The van der Waals surface area contributed by atoms with E-state index in [9.17, 15) is 4.79 Å². The average Bonchev–Trinajstić information content (AvgIpc) is 2.90. The van der Waals surface area contributed by atoms with E-state index >= 15 is 0 Å². The molecule has 0 aliphatic heterocycles. The third-order valence-corrected chi connectivity index (χ3v) is 3.76. The monoisotopic (exact) mass is 330 g/mol. The van der Waals surface area contributed by atoms with Crippen LogP contribution in [0.25, 0.3) is 5.65 Å². The maximum atomic E-state index is 12.3. The molecule has 2 heterocycles. The maximum absolute atomic E-state index is 12.3. The summed E-state index contributed by atoms with van der Waals surface area (Å²) in [6.45, 7) is 1.85. The van der Waals surface area contributed by atoms with E-state index in [1.54, 1.807) is 25.3 Å². The molecule has 23 heavy (non-hydrogen) atoms. The van der Waals surface area contributed by atoms with Gasteiger partial charge in [-0.3, -0.25) is 9.20 Å². The van der Waals surface area contributed by atoms with Gasteiger partial charge in [-0.25, -0.2) is 0 Å². The molecule has 1 aromatic carbocycles. The zero-order chi connectivity index (χ0) is 16.4. The largest absolute Gasteiger partial charge is 0.495 e. The lowest BCUT2D eigenvalue weighted by Crippen LogP contribution is -2.15. The van der Waals surface area contributed by atoms with Crippen LogP contribution in [-0.4, -0.2) is 27.6 Å². The third-order valence-electron chi connectivity index (χ3n) is 3.46. The van der Waals surface area contributed by atoms with Crippen molar-refractivity contribution < 1.29 is 9.53 Å². The average molecular weight is 331 g/mol. The van der Waals surface area contributed by atoms with Gasteiger partial charge in [0.2, 0.25) is 5.91 Å². The fourth-order valence-electron chi connectivity index (χ4n) is 2.33. The van der Waals surface area contributed by atoms with Crippen LogP contribution in [0.3, 0.4) is 0 Å². The molecular formula is C16H15ClN4O2. The first kappa shape index (κ1) is 15.3. The quantitative estimate of drug-likeness (QED) is 0.798. The number of nitrogens with zero attached hydrogens (tertiary/aromatic N) is 3. The summed E-state index contributed by atoms with van der Waals surface area (Å²) in [6, 6.07) is 8.91. The fraction of sp³-hybridized carbons (Fsp3) is 0.188. The van der Waals surface area contributed by atoms with Crippen LogP contribution in [0.4, 0.5) is 5.69 Å². The first-order valence-corrected chi connectivity index (χ1v) is 7.39. The molecule has 0 aliphatic rings. The Morgan fingerprint density at radius 3 is 2.91 bits per heavy atom. The van der Waals surface area contributed by atoms with Crippen molar-refractivity contribution in [1.82, 2.24) is 14.6 Å². The number of benzene rings is 1. The highest BCUT2D eigenvalue weighted by atomic mass is 35.5. The number of nitrogens with one attached hydrogen (secondary N) is 1. The molecule has 1 amide bonds. The number of ether oxygens (including phenoxy) is 1. The Kier molecular flexibility index (Phi) is 4.16. The van der Waals surface area contributed by atoms with Crippen LogP contribution in [0.1, 0.15) is 11.4 Å². The van der Waals surface area contributed by atoms with Crippen LogP contribution in [0.2, 0.25) is 5.02 Å². The number of anilines is 1. The number of hydrogen-bond acceptors (Lipinski definition) is 4. The van der Waals surface area contributed by atoms with E-state index in [1.807, 2.05) is 29.7 Å². The van der Waals surface area contributed by atoms with Crippen molar-refractivity contribution in [2.45, 2.75) is 13.3 Å². The number of aryl methyl sites for hydroxylation is 1. The molecule has 6 nitrogen and oxygen atoms in total. The summed E-state index contributed by atoms with van der Waals surface area (Å²) in [6.07, 6.45) is 2.06. The van der Waals surface area contributed by atoms with Crippen LogP contribution in [0.15, 0.2) is 36.5 Å². The minimum Gasteiger partial charge on any atom is -0.495 e. The lowest BCUT2D eigenvalue weighted by atomic mass is 10.1. The second-order valence-electron chi connectivity index (χ2n) is 5.06. The number of hydrogen-bond donors (Lipinski definition) is 1. The van der Waals surface area contributed by atoms with Gasteiger partial charge in [0.05, 0.1) is 24.2 Å². The van der Waals surface area contributed by atoms with E-state index in [4.69, 9.17) is 16.3 Å². The molecule has 0 unspecified atom stereocenters. The molecule has 0 fully saturated rings. The first-order chi connectivity index (χ1) is 11.1. The maximum Gasteiger partial charge on any atom is 0.228 e.